The Morgan fingerprint density at radius 3 is 2.94 bits per heavy atom. The molecule has 0 aromatic carbocycles. The van der Waals surface area contributed by atoms with Crippen LogP contribution in [0.3, 0.4) is 0 Å². The van der Waals surface area contributed by atoms with Gasteiger partial charge in [-0.1, -0.05) is 6.07 Å². The maximum absolute atomic E-state index is 11.9. The van der Waals surface area contributed by atoms with Crippen molar-refractivity contribution < 1.29 is 9.53 Å². The number of ether oxygens (including phenoxy) is 1. The summed E-state index contributed by atoms with van der Waals surface area (Å²) >= 11 is 0. The Labute approximate surface area is 101 Å². The molecule has 4 nitrogen and oxygen atoms in total. The molecule has 0 spiro atoms. The van der Waals surface area contributed by atoms with Gasteiger partial charge in [-0.25, -0.2) is 4.98 Å². The van der Waals surface area contributed by atoms with E-state index < -0.39 is 0 Å². The first kappa shape index (κ1) is 12.0. The molecule has 0 bridgehead atoms. The maximum Gasteiger partial charge on any atom is 0.270 e. The zero-order valence-electron chi connectivity index (χ0n) is 10.3. The molecule has 0 radical (unpaired) electrons. The van der Waals surface area contributed by atoms with Gasteiger partial charge in [0.15, 0.2) is 0 Å². The number of aryl methyl sites for hydroxylation is 2. The van der Waals surface area contributed by atoms with Gasteiger partial charge >= 0.3 is 0 Å². The molecule has 1 aromatic heterocycles. The highest BCUT2D eigenvalue weighted by molar-refractivity contribution is 5.92. The van der Waals surface area contributed by atoms with Crippen LogP contribution in [0.1, 0.15) is 34.6 Å². The van der Waals surface area contributed by atoms with Gasteiger partial charge in [-0.05, 0) is 38.3 Å². The van der Waals surface area contributed by atoms with E-state index in [0.29, 0.717) is 12.3 Å². The summed E-state index contributed by atoms with van der Waals surface area (Å²) in [6.07, 6.45) is 1.99. The topological polar surface area (TPSA) is 51.2 Å². The smallest absolute Gasteiger partial charge is 0.270 e. The van der Waals surface area contributed by atoms with Crippen LogP contribution in [0.4, 0.5) is 0 Å². The van der Waals surface area contributed by atoms with Gasteiger partial charge in [0.1, 0.15) is 5.69 Å². The first-order valence-corrected chi connectivity index (χ1v) is 5.99. The van der Waals surface area contributed by atoms with Crippen molar-refractivity contribution in [2.45, 2.75) is 32.7 Å². The van der Waals surface area contributed by atoms with Crippen molar-refractivity contribution in [1.29, 1.82) is 0 Å². The molecule has 2 rings (SSSR count). The predicted molar refractivity (Wildman–Crippen MR) is 65.0 cm³/mol. The van der Waals surface area contributed by atoms with Crippen LogP contribution < -0.4 is 5.32 Å². The molecule has 1 amide bonds. The van der Waals surface area contributed by atoms with Crippen LogP contribution in [0.15, 0.2) is 12.1 Å². The molecule has 2 heterocycles. The summed E-state index contributed by atoms with van der Waals surface area (Å²) in [6, 6.07) is 3.82. The Morgan fingerprint density at radius 1 is 1.47 bits per heavy atom. The fraction of sp³-hybridized carbons (Fsp3) is 0.538. The number of nitrogens with one attached hydrogen (secondary N) is 1. The van der Waals surface area contributed by atoms with Crippen molar-refractivity contribution in [3.05, 3.63) is 29.1 Å². The second kappa shape index (κ2) is 5.27. The summed E-state index contributed by atoms with van der Waals surface area (Å²) < 4.78 is 5.33. The molecule has 0 aliphatic carbocycles. The largest absolute Gasteiger partial charge is 0.379 e. The summed E-state index contributed by atoms with van der Waals surface area (Å²) in [7, 11) is 0. The molecule has 1 N–H and O–H groups in total. The Balaban J connectivity index is 2.01. The number of hydrogen-bond donors (Lipinski definition) is 1. The van der Waals surface area contributed by atoms with E-state index in [1.165, 1.54) is 0 Å². The summed E-state index contributed by atoms with van der Waals surface area (Å²) in [5.41, 5.74) is 2.48. The molecule has 4 heteroatoms. The Morgan fingerprint density at radius 2 is 2.29 bits per heavy atom. The minimum Gasteiger partial charge on any atom is -0.379 e. The third-order valence-electron chi connectivity index (χ3n) is 3.08. The van der Waals surface area contributed by atoms with Crippen LogP contribution in [0, 0.1) is 13.8 Å². The van der Waals surface area contributed by atoms with Crippen LogP contribution in [0.2, 0.25) is 0 Å². The molecular weight excluding hydrogens is 216 g/mol. The molecule has 0 saturated carbocycles. The quantitative estimate of drug-likeness (QED) is 0.845. The summed E-state index contributed by atoms with van der Waals surface area (Å²) in [5.74, 6) is -0.108. The lowest BCUT2D eigenvalue weighted by molar-refractivity contribution is 0.0622. The number of pyridine rings is 1. The van der Waals surface area contributed by atoms with Gasteiger partial charge in [0, 0.05) is 12.3 Å². The Hall–Kier alpha value is -1.42. The zero-order valence-corrected chi connectivity index (χ0v) is 10.3. The molecule has 1 aromatic rings. The second-order valence-electron chi connectivity index (χ2n) is 4.49. The maximum atomic E-state index is 11.9. The summed E-state index contributed by atoms with van der Waals surface area (Å²) in [4.78, 5) is 16.2. The lowest BCUT2D eigenvalue weighted by atomic mass is 10.1. The van der Waals surface area contributed by atoms with Crippen molar-refractivity contribution in [3.63, 3.8) is 0 Å². The molecular formula is C13H18N2O2. The van der Waals surface area contributed by atoms with Crippen LogP contribution in [-0.2, 0) is 4.74 Å². The Bertz CT molecular complexity index is 412. The highest BCUT2D eigenvalue weighted by Crippen LogP contribution is 2.08. The van der Waals surface area contributed by atoms with Gasteiger partial charge in [-0.3, -0.25) is 4.79 Å². The predicted octanol–water partition coefficient (Wildman–Crippen LogP) is 1.61. The third kappa shape index (κ3) is 3.03. The number of amides is 1. The van der Waals surface area contributed by atoms with Gasteiger partial charge in [-0.15, -0.1) is 0 Å². The van der Waals surface area contributed by atoms with Gasteiger partial charge in [-0.2, -0.15) is 0 Å². The molecule has 1 unspecified atom stereocenters. The molecule has 1 aliphatic heterocycles. The van der Waals surface area contributed by atoms with Gasteiger partial charge in [0.05, 0.1) is 12.6 Å². The van der Waals surface area contributed by atoms with E-state index in [0.717, 1.165) is 30.7 Å². The van der Waals surface area contributed by atoms with E-state index in [1.807, 2.05) is 19.9 Å². The number of hydrogen-bond acceptors (Lipinski definition) is 3. The van der Waals surface area contributed by atoms with Crippen LogP contribution in [-0.4, -0.2) is 30.1 Å². The molecule has 92 valence electrons. The molecule has 1 saturated heterocycles. The van der Waals surface area contributed by atoms with Crippen molar-refractivity contribution in [2.24, 2.45) is 0 Å². The van der Waals surface area contributed by atoms with Crippen molar-refractivity contribution in [1.82, 2.24) is 10.3 Å². The van der Waals surface area contributed by atoms with E-state index in [9.17, 15) is 4.79 Å². The molecule has 1 atom stereocenters. The van der Waals surface area contributed by atoms with Crippen LogP contribution >= 0.6 is 0 Å². The lowest BCUT2D eigenvalue weighted by Gasteiger charge is -2.22. The first-order chi connectivity index (χ1) is 8.16. The van der Waals surface area contributed by atoms with E-state index >= 15 is 0 Å². The van der Waals surface area contributed by atoms with E-state index in [-0.39, 0.29) is 11.9 Å². The first-order valence-electron chi connectivity index (χ1n) is 5.99. The number of aromatic nitrogens is 1. The number of nitrogens with zero attached hydrogens (tertiary/aromatic N) is 1. The zero-order chi connectivity index (χ0) is 12.3. The van der Waals surface area contributed by atoms with Gasteiger partial charge in [0.25, 0.3) is 5.91 Å². The Kier molecular flexibility index (Phi) is 3.74. The number of carbonyl (C=O) groups is 1. The number of rotatable bonds is 2. The summed E-state index contributed by atoms with van der Waals surface area (Å²) in [5, 5.41) is 2.96. The third-order valence-corrected chi connectivity index (χ3v) is 3.08. The fourth-order valence-corrected chi connectivity index (χ4v) is 1.87. The highest BCUT2D eigenvalue weighted by atomic mass is 16.5. The van der Waals surface area contributed by atoms with Gasteiger partial charge in [0.2, 0.25) is 0 Å². The minimum absolute atomic E-state index is 0.108. The second-order valence-corrected chi connectivity index (χ2v) is 4.49. The molecule has 1 fully saturated rings. The highest BCUT2D eigenvalue weighted by Gasteiger charge is 2.17. The van der Waals surface area contributed by atoms with Crippen LogP contribution in [0.25, 0.3) is 0 Å². The monoisotopic (exact) mass is 234 g/mol. The van der Waals surface area contributed by atoms with Crippen molar-refractivity contribution in [2.75, 3.05) is 13.2 Å². The van der Waals surface area contributed by atoms with Crippen LogP contribution in [0.5, 0.6) is 0 Å². The fourth-order valence-electron chi connectivity index (χ4n) is 1.87. The normalized spacial score (nSPS) is 20.0. The minimum atomic E-state index is -0.108. The SMILES string of the molecule is Cc1ccc(C(=O)NC2CCCOC2)nc1C. The standard InChI is InChI=1S/C13H18N2O2/c1-9-5-6-12(14-10(9)2)13(16)15-11-4-3-7-17-8-11/h5-6,11H,3-4,7-8H2,1-2H3,(H,15,16). The van der Waals surface area contributed by atoms with E-state index in [2.05, 4.69) is 10.3 Å². The number of carbonyl (C=O) groups excluding carboxylic acids is 1. The molecule has 17 heavy (non-hydrogen) atoms. The average Bonchev–Trinajstić information content (AvgIpc) is 2.34. The average molecular weight is 234 g/mol. The van der Waals surface area contributed by atoms with E-state index in [4.69, 9.17) is 4.74 Å². The van der Waals surface area contributed by atoms with Crippen molar-refractivity contribution >= 4 is 5.91 Å². The molecule has 1 aliphatic rings. The lowest BCUT2D eigenvalue weighted by Crippen LogP contribution is -2.40. The van der Waals surface area contributed by atoms with Gasteiger partial charge < -0.3 is 10.1 Å². The van der Waals surface area contributed by atoms with E-state index in [1.54, 1.807) is 6.07 Å². The van der Waals surface area contributed by atoms with Crippen molar-refractivity contribution in [3.8, 4) is 0 Å². The summed E-state index contributed by atoms with van der Waals surface area (Å²) in [6.45, 7) is 5.31.